The van der Waals surface area contributed by atoms with E-state index in [1.165, 1.54) is 25.6 Å². The van der Waals surface area contributed by atoms with Crippen LogP contribution in [0.3, 0.4) is 0 Å². The van der Waals surface area contributed by atoms with Crippen molar-refractivity contribution in [3.63, 3.8) is 0 Å². The zero-order valence-electron chi connectivity index (χ0n) is 21.7. The standard InChI is InChI=1S/C28H30N2O6S/c1-16-22(26(31)35-5)23(24(27(32)36-6)28(2,30-16)18-10-8-7-9-11-18)25-29-19(15-37-25)17-12-13-20(33-3)21(14-17)34-4/h7-15,23-24,30H,1-6H3. The van der Waals surface area contributed by atoms with Crippen LogP contribution in [0.25, 0.3) is 11.3 Å². The Bertz CT molecular complexity index is 1340. The van der Waals surface area contributed by atoms with Crippen LogP contribution in [-0.2, 0) is 24.6 Å². The first-order valence-electron chi connectivity index (χ1n) is 11.7. The Morgan fingerprint density at radius 1 is 0.973 bits per heavy atom. The van der Waals surface area contributed by atoms with E-state index < -0.39 is 29.3 Å². The molecule has 3 unspecified atom stereocenters. The average Bonchev–Trinajstić information content (AvgIpc) is 3.42. The van der Waals surface area contributed by atoms with Crippen molar-refractivity contribution in [1.82, 2.24) is 10.3 Å². The number of allylic oxidation sites excluding steroid dienone is 1. The Morgan fingerprint density at radius 3 is 2.30 bits per heavy atom. The molecule has 0 amide bonds. The van der Waals surface area contributed by atoms with Gasteiger partial charge in [0.2, 0.25) is 0 Å². The first-order chi connectivity index (χ1) is 17.8. The van der Waals surface area contributed by atoms with Crippen molar-refractivity contribution in [1.29, 1.82) is 0 Å². The van der Waals surface area contributed by atoms with Crippen LogP contribution in [0.5, 0.6) is 11.5 Å². The zero-order valence-corrected chi connectivity index (χ0v) is 22.5. The number of hydrogen-bond donors (Lipinski definition) is 1. The molecule has 4 rings (SSSR count). The summed E-state index contributed by atoms with van der Waals surface area (Å²) in [4.78, 5) is 31.4. The van der Waals surface area contributed by atoms with Crippen LogP contribution in [0.4, 0.5) is 0 Å². The van der Waals surface area contributed by atoms with Gasteiger partial charge < -0.3 is 24.3 Å². The molecule has 9 heteroatoms. The van der Waals surface area contributed by atoms with Gasteiger partial charge in [0.25, 0.3) is 0 Å². The lowest BCUT2D eigenvalue weighted by molar-refractivity contribution is -0.150. The summed E-state index contributed by atoms with van der Waals surface area (Å²) in [5, 5.41) is 5.93. The van der Waals surface area contributed by atoms with Gasteiger partial charge in [-0.2, -0.15) is 0 Å². The van der Waals surface area contributed by atoms with Crippen molar-refractivity contribution in [3.8, 4) is 22.8 Å². The second-order valence-corrected chi connectivity index (χ2v) is 9.73. The predicted molar refractivity (Wildman–Crippen MR) is 141 cm³/mol. The first-order valence-corrected chi connectivity index (χ1v) is 12.5. The minimum Gasteiger partial charge on any atom is -0.493 e. The van der Waals surface area contributed by atoms with Crippen molar-refractivity contribution in [2.45, 2.75) is 25.3 Å². The number of hydrogen-bond acceptors (Lipinski definition) is 9. The number of ether oxygens (including phenoxy) is 4. The van der Waals surface area contributed by atoms with E-state index in [-0.39, 0.29) is 0 Å². The van der Waals surface area contributed by atoms with E-state index in [1.54, 1.807) is 14.2 Å². The molecule has 2 aromatic carbocycles. The minimum atomic E-state index is -0.879. The molecular formula is C28H30N2O6S. The van der Waals surface area contributed by atoms with Crippen molar-refractivity contribution in [2.24, 2.45) is 5.92 Å². The highest BCUT2D eigenvalue weighted by Crippen LogP contribution is 2.49. The monoisotopic (exact) mass is 522 g/mol. The summed E-state index contributed by atoms with van der Waals surface area (Å²) in [6, 6.07) is 15.2. The maximum atomic E-state index is 13.4. The van der Waals surface area contributed by atoms with Gasteiger partial charge in [0.05, 0.1) is 57.1 Å². The lowest BCUT2D eigenvalue weighted by Gasteiger charge is -2.46. The summed E-state index contributed by atoms with van der Waals surface area (Å²) >= 11 is 1.37. The number of methoxy groups -OCH3 is 4. The summed E-state index contributed by atoms with van der Waals surface area (Å²) in [7, 11) is 5.83. The normalized spacial score (nSPS) is 21.1. The fourth-order valence-electron chi connectivity index (χ4n) is 5.02. The fraction of sp³-hybridized carbons (Fsp3) is 0.321. The number of carbonyl (C=O) groups is 2. The molecule has 3 aromatic rings. The molecule has 8 nitrogen and oxygen atoms in total. The molecule has 1 aromatic heterocycles. The highest BCUT2D eigenvalue weighted by molar-refractivity contribution is 7.10. The lowest BCUT2D eigenvalue weighted by atomic mass is 9.67. The van der Waals surface area contributed by atoms with Gasteiger partial charge in [0.1, 0.15) is 5.01 Å². The second kappa shape index (κ2) is 10.6. The highest BCUT2D eigenvalue weighted by Gasteiger charge is 2.54. The Hall–Kier alpha value is -3.85. The van der Waals surface area contributed by atoms with E-state index in [9.17, 15) is 9.59 Å². The van der Waals surface area contributed by atoms with Crippen molar-refractivity contribution in [3.05, 3.63) is 75.8 Å². The highest BCUT2D eigenvalue weighted by atomic mass is 32.1. The third-order valence-electron chi connectivity index (χ3n) is 6.82. The van der Waals surface area contributed by atoms with Gasteiger partial charge in [0, 0.05) is 16.6 Å². The molecule has 0 saturated heterocycles. The quantitative estimate of drug-likeness (QED) is 0.448. The molecule has 0 radical (unpaired) electrons. The van der Waals surface area contributed by atoms with Crippen molar-refractivity contribution in [2.75, 3.05) is 28.4 Å². The van der Waals surface area contributed by atoms with Gasteiger partial charge in [-0.1, -0.05) is 30.3 Å². The van der Waals surface area contributed by atoms with Gasteiger partial charge in [-0.3, -0.25) is 4.79 Å². The molecule has 0 bridgehead atoms. The largest absolute Gasteiger partial charge is 0.493 e. The van der Waals surface area contributed by atoms with E-state index in [4.69, 9.17) is 23.9 Å². The molecule has 0 spiro atoms. The Balaban J connectivity index is 1.90. The van der Waals surface area contributed by atoms with E-state index in [1.807, 2.05) is 67.8 Å². The molecular weight excluding hydrogens is 492 g/mol. The average molecular weight is 523 g/mol. The van der Waals surface area contributed by atoms with E-state index >= 15 is 0 Å². The number of thiazole rings is 1. The molecule has 0 fully saturated rings. The van der Waals surface area contributed by atoms with E-state index in [2.05, 4.69) is 5.32 Å². The molecule has 3 atom stereocenters. The maximum absolute atomic E-state index is 13.4. The number of carbonyl (C=O) groups excluding carboxylic acids is 2. The third kappa shape index (κ3) is 4.67. The minimum absolute atomic E-state index is 0.347. The smallest absolute Gasteiger partial charge is 0.336 e. The summed E-state index contributed by atoms with van der Waals surface area (Å²) in [6.07, 6.45) is 0. The van der Waals surface area contributed by atoms with Gasteiger partial charge in [-0.05, 0) is 37.6 Å². The molecule has 1 aliphatic rings. The van der Waals surface area contributed by atoms with Gasteiger partial charge in [-0.15, -0.1) is 11.3 Å². The van der Waals surface area contributed by atoms with Crippen molar-refractivity contribution >= 4 is 23.3 Å². The number of benzene rings is 2. The van der Waals surface area contributed by atoms with Crippen LogP contribution >= 0.6 is 11.3 Å². The summed E-state index contributed by atoms with van der Waals surface area (Å²) in [6.45, 7) is 3.76. The van der Waals surface area contributed by atoms with E-state index in [0.717, 1.165) is 11.1 Å². The number of nitrogens with zero attached hydrogens (tertiary/aromatic N) is 1. The molecule has 1 aliphatic heterocycles. The Morgan fingerprint density at radius 2 is 1.68 bits per heavy atom. The van der Waals surface area contributed by atoms with Crippen LogP contribution in [0, 0.1) is 5.92 Å². The summed E-state index contributed by atoms with van der Waals surface area (Å²) in [5.74, 6) is -1.31. The number of aromatic nitrogens is 1. The second-order valence-electron chi connectivity index (χ2n) is 8.84. The molecule has 1 N–H and O–H groups in total. The predicted octanol–water partition coefficient (Wildman–Crippen LogP) is 4.67. The topological polar surface area (TPSA) is 96.0 Å². The van der Waals surface area contributed by atoms with Crippen LogP contribution < -0.4 is 14.8 Å². The maximum Gasteiger partial charge on any atom is 0.336 e. The molecule has 0 saturated carbocycles. The van der Waals surface area contributed by atoms with Crippen LogP contribution in [0.2, 0.25) is 0 Å². The number of nitrogens with one attached hydrogen (secondary N) is 1. The summed E-state index contributed by atoms with van der Waals surface area (Å²) in [5.41, 5.74) is 2.47. The zero-order chi connectivity index (χ0) is 26.7. The van der Waals surface area contributed by atoms with Crippen molar-refractivity contribution < 1.29 is 28.5 Å². The van der Waals surface area contributed by atoms with Gasteiger partial charge >= 0.3 is 11.9 Å². The molecule has 0 aliphatic carbocycles. The lowest BCUT2D eigenvalue weighted by Crippen LogP contribution is -2.55. The Kier molecular flexibility index (Phi) is 7.54. The number of rotatable bonds is 7. The Labute approximate surface area is 220 Å². The molecule has 194 valence electrons. The van der Waals surface area contributed by atoms with Crippen LogP contribution in [0.15, 0.2) is 65.2 Å². The van der Waals surface area contributed by atoms with Gasteiger partial charge in [-0.25, -0.2) is 9.78 Å². The van der Waals surface area contributed by atoms with Crippen LogP contribution in [0.1, 0.15) is 30.3 Å². The van der Waals surface area contributed by atoms with E-state index in [0.29, 0.717) is 33.5 Å². The number of esters is 2. The van der Waals surface area contributed by atoms with Crippen LogP contribution in [-0.4, -0.2) is 45.4 Å². The molecule has 37 heavy (non-hydrogen) atoms. The fourth-order valence-corrected chi connectivity index (χ4v) is 5.99. The van der Waals surface area contributed by atoms with Gasteiger partial charge in [0.15, 0.2) is 11.5 Å². The third-order valence-corrected chi connectivity index (χ3v) is 7.75. The SMILES string of the molecule is COC(=O)C1=C(C)NC(C)(c2ccccc2)C(C(=O)OC)C1c1nc(-c2ccc(OC)c(OC)c2)cs1. The molecule has 2 heterocycles. The first kappa shape index (κ1) is 26.2. The summed E-state index contributed by atoms with van der Waals surface area (Å²) < 4.78 is 21.2.